The van der Waals surface area contributed by atoms with Gasteiger partial charge in [-0.1, -0.05) is 69.4 Å². The second kappa shape index (κ2) is 8.41. The SMILES string of the molecule is CCCCCCCCc1ncnc(-c2ccccc2)n1. The predicted molar refractivity (Wildman–Crippen MR) is 82.3 cm³/mol. The number of hydrogen-bond acceptors (Lipinski definition) is 3. The summed E-state index contributed by atoms with van der Waals surface area (Å²) in [6, 6.07) is 10.1. The standard InChI is InChI=1S/C17H23N3/c1-2-3-4-5-6-10-13-16-18-14-19-17(20-16)15-11-8-7-9-12-15/h7-9,11-12,14H,2-6,10,13H2,1H3. The summed E-state index contributed by atoms with van der Waals surface area (Å²) in [6.45, 7) is 2.25. The van der Waals surface area contributed by atoms with Crippen LogP contribution in [-0.4, -0.2) is 15.0 Å². The lowest BCUT2D eigenvalue weighted by molar-refractivity contribution is 0.600. The van der Waals surface area contributed by atoms with E-state index in [0.717, 1.165) is 23.6 Å². The molecule has 0 saturated heterocycles. The van der Waals surface area contributed by atoms with Crippen LogP contribution in [0.25, 0.3) is 11.4 Å². The average Bonchev–Trinajstić information content (AvgIpc) is 2.52. The number of aryl methyl sites for hydroxylation is 1. The molecule has 3 heteroatoms. The summed E-state index contributed by atoms with van der Waals surface area (Å²) in [5.41, 5.74) is 1.05. The molecule has 0 saturated carbocycles. The highest BCUT2D eigenvalue weighted by Gasteiger charge is 2.03. The zero-order valence-corrected chi connectivity index (χ0v) is 12.3. The maximum atomic E-state index is 4.55. The molecule has 106 valence electrons. The van der Waals surface area contributed by atoms with Crippen molar-refractivity contribution in [3.63, 3.8) is 0 Å². The van der Waals surface area contributed by atoms with Gasteiger partial charge in [0, 0.05) is 12.0 Å². The molecule has 0 unspecified atom stereocenters. The van der Waals surface area contributed by atoms with E-state index in [9.17, 15) is 0 Å². The fourth-order valence-corrected chi connectivity index (χ4v) is 2.24. The van der Waals surface area contributed by atoms with Crippen LogP contribution in [0.2, 0.25) is 0 Å². The summed E-state index contributed by atoms with van der Waals surface area (Å²) in [5.74, 6) is 1.69. The minimum absolute atomic E-state index is 0.779. The Morgan fingerprint density at radius 3 is 2.40 bits per heavy atom. The summed E-state index contributed by atoms with van der Waals surface area (Å²) in [4.78, 5) is 13.1. The van der Waals surface area contributed by atoms with Crippen LogP contribution in [0.1, 0.15) is 51.3 Å². The molecule has 0 aliphatic rings. The molecular weight excluding hydrogens is 246 g/mol. The Kier molecular flexibility index (Phi) is 6.15. The largest absolute Gasteiger partial charge is 0.221 e. The lowest BCUT2D eigenvalue weighted by atomic mass is 10.1. The van der Waals surface area contributed by atoms with Crippen LogP contribution in [0.5, 0.6) is 0 Å². The van der Waals surface area contributed by atoms with Crippen LogP contribution in [0.3, 0.4) is 0 Å². The average molecular weight is 269 g/mol. The molecule has 3 nitrogen and oxygen atoms in total. The van der Waals surface area contributed by atoms with E-state index in [1.807, 2.05) is 30.3 Å². The van der Waals surface area contributed by atoms with Gasteiger partial charge in [-0.25, -0.2) is 15.0 Å². The van der Waals surface area contributed by atoms with Gasteiger partial charge in [0.1, 0.15) is 12.2 Å². The van der Waals surface area contributed by atoms with Crippen molar-refractivity contribution >= 4 is 0 Å². The summed E-state index contributed by atoms with van der Waals surface area (Å²) in [5, 5.41) is 0. The maximum absolute atomic E-state index is 4.55. The Morgan fingerprint density at radius 1 is 0.850 bits per heavy atom. The molecule has 0 aliphatic carbocycles. The Morgan fingerprint density at radius 2 is 1.60 bits per heavy atom. The molecule has 0 bridgehead atoms. The second-order valence-electron chi connectivity index (χ2n) is 5.11. The number of nitrogens with zero attached hydrogens (tertiary/aromatic N) is 3. The monoisotopic (exact) mass is 269 g/mol. The number of hydrogen-bond donors (Lipinski definition) is 0. The van der Waals surface area contributed by atoms with Crippen LogP contribution in [0.15, 0.2) is 36.7 Å². The van der Waals surface area contributed by atoms with Gasteiger partial charge >= 0.3 is 0 Å². The first-order valence-corrected chi connectivity index (χ1v) is 7.63. The first-order valence-electron chi connectivity index (χ1n) is 7.63. The molecule has 0 atom stereocenters. The van der Waals surface area contributed by atoms with Gasteiger partial charge in [-0.15, -0.1) is 0 Å². The zero-order chi connectivity index (χ0) is 14.0. The van der Waals surface area contributed by atoms with Crippen molar-refractivity contribution in [2.24, 2.45) is 0 Å². The third-order valence-electron chi connectivity index (χ3n) is 3.41. The molecule has 2 rings (SSSR count). The number of rotatable bonds is 8. The molecule has 0 aliphatic heterocycles. The van der Waals surface area contributed by atoms with Crippen molar-refractivity contribution in [3.05, 3.63) is 42.5 Å². The highest BCUT2D eigenvalue weighted by molar-refractivity contribution is 5.53. The van der Waals surface area contributed by atoms with Gasteiger partial charge in [0.15, 0.2) is 5.82 Å². The highest BCUT2D eigenvalue weighted by atomic mass is 15.0. The lowest BCUT2D eigenvalue weighted by Crippen LogP contribution is -1.99. The van der Waals surface area contributed by atoms with E-state index in [1.165, 1.54) is 38.5 Å². The van der Waals surface area contributed by atoms with Crippen LogP contribution < -0.4 is 0 Å². The third kappa shape index (κ3) is 4.72. The molecule has 0 N–H and O–H groups in total. The van der Waals surface area contributed by atoms with Gasteiger partial charge in [0.2, 0.25) is 0 Å². The summed E-state index contributed by atoms with van der Waals surface area (Å²) in [7, 11) is 0. The van der Waals surface area contributed by atoms with Crippen LogP contribution in [0.4, 0.5) is 0 Å². The second-order valence-corrected chi connectivity index (χ2v) is 5.11. The number of benzene rings is 1. The van der Waals surface area contributed by atoms with Gasteiger partial charge in [0.05, 0.1) is 0 Å². The van der Waals surface area contributed by atoms with Crippen molar-refractivity contribution in [1.29, 1.82) is 0 Å². The topological polar surface area (TPSA) is 38.7 Å². The van der Waals surface area contributed by atoms with E-state index in [1.54, 1.807) is 6.33 Å². The first kappa shape index (κ1) is 14.6. The molecular formula is C17H23N3. The van der Waals surface area contributed by atoms with E-state index in [-0.39, 0.29) is 0 Å². The summed E-state index contributed by atoms with van der Waals surface area (Å²) < 4.78 is 0. The predicted octanol–water partition coefficient (Wildman–Crippen LogP) is 4.44. The van der Waals surface area contributed by atoms with Gasteiger partial charge in [0.25, 0.3) is 0 Å². The van der Waals surface area contributed by atoms with Crippen molar-refractivity contribution in [1.82, 2.24) is 15.0 Å². The van der Waals surface area contributed by atoms with E-state index < -0.39 is 0 Å². The molecule has 1 aromatic heterocycles. The highest BCUT2D eigenvalue weighted by Crippen LogP contribution is 2.14. The van der Waals surface area contributed by atoms with Crippen molar-refractivity contribution in [3.8, 4) is 11.4 Å². The van der Waals surface area contributed by atoms with E-state index >= 15 is 0 Å². The molecule has 1 aromatic carbocycles. The Hall–Kier alpha value is -1.77. The smallest absolute Gasteiger partial charge is 0.162 e. The van der Waals surface area contributed by atoms with Crippen LogP contribution in [-0.2, 0) is 6.42 Å². The third-order valence-corrected chi connectivity index (χ3v) is 3.41. The van der Waals surface area contributed by atoms with Gasteiger partial charge in [-0.3, -0.25) is 0 Å². The molecule has 0 amide bonds. The Balaban J connectivity index is 1.84. The fourth-order valence-electron chi connectivity index (χ4n) is 2.24. The van der Waals surface area contributed by atoms with Crippen molar-refractivity contribution in [2.45, 2.75) is 51.9 Å². The van der Waals surface area contributed by atoms with Gasteiger partial charge < -0.3 is 0 Å². The van der Waals surface area contributed by atoms with Gasteiger partial charge in [-0.05, 0) is 6.42 Å². The van der Waals surface area contributed by atoms with E-state index in [2.05, 4.69) is 21.9 Å². The molecule has 2 aromatic rings. The van der Waals surface area contributed by atoms with Crippen molar-refractivity contribution in [2.75, 3.05) is 0 Å². The number of unbranched alkanes of at least 4 members (excludes halogenated alkanes) is 5. The Bertz CT molecular complexity index is 497. The number of aromatic nitrogens is 3. The minimum atomic E-state index is 0.779. The molecule has 0 radical (unpaired) electrons. The minimum Gasteiger partial charge on any atom is -0.221 e. The summed E-state index contributed by atoms with van der Waals surface area (Å²) >= 11 is 0. The maximum Gasteiger partial charge on any atom is 0.162 e. The molecule has 0 spiro atoms. The molecule has 20 heavy (non-hydrogen) atoms. The zero-order valence-electron chi connectivity index (χ0n) is 12.3. The quantitative estimate of drug-likeness (QED) is 0.665. The fraction of sp³-hybridized carbons (Fsp3) is 0.471. The van der Waals surface area contributed by atoms with Crippen molar-refractivity contribution < 1.29 is 0 Å². The van der Waals surface area contributed by atoms with E-state index in [0.29, 0.717) is 0 Å². The van der Waals surface area contributed by atoms with Crippen LogP contribution >= 0.6 is 0 Å². The van der Waals surface area contributed by atoms with Gasteiger partial charge in [-0.2, -0.15) is 0 Å². The summed E-state index contributed by atoms with van der Waals surface area (Å²) in [6.07, 6.45) is 10.3. The van der Waals surface area contributed by atoms with E-state index in [4.69, 9.17) is 0 Å². The van der Waals surface area contributed by atoms with Crippen LogP contribution in [0, 0.1) is 0 Å². The Labute approximate surface area is 121 Å². The molecule has 1 heterocycles. The first-order chi connectivity index (χ1) is 9.90. The lowest BCUT2D eigenvalue weighted by Gasteiger charge is -2.03. The normalized spacial score (nSPS) is 10.7. The molecule has 0 fully saturated rings.